The van der Waals surface area contributed by atoms with Crippen molar-refractivity contribution in [3.05, 3.63) is 175 Å². The standard InChI is InChI=1S/C40H31N3O4S/c44-38(43(32-17-9-3-10-18-32)33-19-11-4-12-20-33)28-48-35-24-21-31(22-25-35)41-40(46)36(42-39(45)30-15-7-2-8-16-30)27-34-23-26-37(47-34)29-13-5-1-6-14-29/h1-27H,28H2,(H,41,46)(H,42,45)/b36-27+. The fraction of sp³-hybridized carbons (Fsp3) is 0.0250. The molecule has 0 atom stereocenters. The number of thioether (sulfide) groups is 1. The summed E-state index contributed by atoms with van der Waals surface area (Å²) in [5.41, 5.74) is 3.43. The molecule has 6 aromatic rings. The largest absolute Gasteiger partial charge is 0.457 e. The lowest BCUT2D eigenvalue weighted by Gasteiger charge is -2.23. The Labute approximate surface area is 282 Å². The predicted octanol–water partition coefficient (Wildman–Crippen LogP) is 8.81. The average Bonchev–Trinajstić information content (AvgIpc) is 3.61. The van der Waals surface area contributed by atoms with E-state index in [1.54, 1.807) is 47.4 Å². The first-order chi connectivity index (χ1) is 23.5. The van der Waals surface area contributed by atoms with Gasteiger partial charge in [-0.1, -0.05) is 84.9 Å². The third kappa shape index (κ3) is 8.17. The molecule has 0 saturated carbocycles. The maximum Gasteiger partial charge on any atom is 0.272 e. The van der Waals surface area contributed by atoms with E-state index in [4.69, 9.17) is 4.42 Å². The molecule has 0 spiro atoms. The first-order valence-corrected chi connectivity index (χ1v) is 16.2. The molecule has 5 aromatic carbocycles. The maximum atomic E-state index is 13.5. The summed E-state index contributed by atoms with van der Waals surface area (Å²) in [6, 6.07) is 48.1. The van der Waals surface area contributed by atoms with Gasteiger partial charge in [-0.15, -0.1) is 11.8 Å². The van der Waals surface area contributed by atoms with Gasteiger partial charge in [0.05, 0.1) is 5.75 Å². The Morgan fingerprint density at radius 3 is 1.81 bits per heavy atom. The van der Waals surface area contributed by atoms with Gasteiger partial charge < -0.3 is 15.1 Å². The number of carbonyl (C=O) groups excluding carboxylic acids is 3. The zero-order valence-electron chi connectivity index (χ0n) is 25.8. The van der Waals surface area contributed by atoms with Crippen LogP contribution in [0.1, 0.15) is 16.1 Å². The van der Waals surface area contributed by atoms with E-state index in [0.717, 1.165) is 21.8 Å². The van der Waals surface area contributed by atoms with E-state index in [1.807, 2.05) is 115 Å². The molecule has 48 heavy (non-hydrogen) atoms. The van der Waals surface area contributed by atoms with E-state index in [9.17, 15) is 14.4 Å². The first kappa shape index (κ1) is 31.8. The number of furan rings is 1. The Morgan fingerprint density at radius 2 is 1.21 bits per heavy atom. The summed E-state index contributed by atoms with van der Waals surface area (Å²) in [4.78, 5) is 42.5. The molecular formula is C40H31N3O4S. The monoisotopic (exact) mass is 649 g/mol. The van der Waals surface area contributed by atoms with E-state index in [-0.39, 0.29) is 17.4 Å². The van der Waals surface area contributed by atoms with Crippen LogP contribution in [0, 0.1) is 0 Å². The summed E-state index contributed by atoms with van der Waals surface area (Å²) in [6.07, 6.45) is 1.50. The third-order valence-corrected chi connectivity index (χ3v) is 8.25. The van der Waals surface area contributed by atoms with Gasteiger partial charge in [0, 0.05) is 39.2 Å². The highest BCUT2D eigenvalue weighted by atomic mass is 32.2. The Hall–Kier alpha value is -6.12. The van der Waals surface area contributed by atoms with Gasteiger partial charge in [0.2, 0.25) is 5.91 Å². The third-order valence-electron chi connectivity index (χ3n) is 7.25. The quantitative estimate of drug-likeness (QED) is 0.108. The number of para-hydroxylation sites is 2. The van der Waals surface area contributed by atoms with Crippen LogP contribution < -0.4 is 15.5 Å². The molecule has 2 N–H and O–H groups in total. The van der Waals surface area contributed by atoms with Crippen LogP contribution in [-0.2, 0) is 9.59 Å². The van der Waals surface area contributed by atoms with Gasteiger partial charge in [-0.2, -0.15) is 0 Å². The Kier molecular flexibility index (Phi) is 10.2. The van der Waals surface area contributed by atoms with Crippen molar-refractivity contribution in [3.8, 4) is 11.3 Å². The number of nitrogens with zero attached hydrogens (tertiary/aromatic N) is 1. The van der Waals surface area contributed by atoms with Gasteiger partial charge in [-0.25, -0.2) is 0 Å². The molecule has 0 aliphatic heterocycles. The van der Waals surface area contributed by atoms with Crippen molar-refractivity contribution in [2.24, 2.45) is 0 Å². The summed E-state index contributed by atoms with van der Waals surface area (Å²) < 4.78 is 5.98. The zero-order valence-corrected chi connectivity index (χ0v) is 26.6. The lowest BCUT2D eigenvalue weighted by atomic mass is 10.2. The smallest absolute Gasteiger partial charge is 0.272 e. The average molecular weight is 650 g/mol. The lowest BCUT2D eigenvalue weighted by molar-refractivity contribution is -0.115. The highest BCUT2D eigenvalue weighted by Gasteiger charge is 2.19. The molecule has 6 rings (SSSR count). The molecule has 236 valence electrons. The summed E-state index contributed by atoms with van der Waals surface area (Å²) in [5.74, 6) is 0.244. The van der Waals surface area contributed by atoms with Crippen molar-refractivity contribution in [1.82, 2.24) is 5.32 Å². The normalized spacial score (nSPS) is 11.0. The number of anilines is 3. The van der Waals surface area contributed by atoms with E-state index < -0.39 is 11.8 Å². The molecule has 3 amide bonds. The molecule has 7 nitrogen and oxygen atoms in total. The van der Waals surface area contributed by atoms with Gasteiger partial charge >= 0.3 is 0 Å². The van der Waals surface area contributed by atoms with Crippen LogP contribution in [0.25, 0.3) is 17.4 Å². The second kappa shape index (κ2) is 15.4. The highest BCUT2D eigenvalue weighted by Crippen LogP contribution is 2.28. The molecule has 1 aromatic heterocycles. The highest BCUT2D eigenvalue weighted by molar-refractivity contribution is 8.00. The Bertz CT molecular complexity index is 1970. The van der Waals surface area contributed by atoms with Gasteiger partial charge in [-0.3, -0.25) is 19.3 Å². The van der Waals surface area contributed by atoms with Crippen molar-refractivity contribution < 1.29 is 18.8 Å². The van der Waals surface area contributed by atoms with Crippen LogP contribution in [-0.4, -0.2) is 23.5 Å². The number of nitrogens with one attached hydrogen (secondary N) is 2. The number of hydrogen-bond donors (Lipinski definition) is 2. The minimum atomic E-state index is -0.520. The van der Waals surface area contributed by atoms with Gasteiger partial charge in [0.1, 0.15) is 17.2 Å². The Balaban J connectivity index is 1.15. The topological polar surface area (TPSA) is 91.7 Å². The number of benzene rings is 5. The van der Waals surface area contributed by atoms with Crippen molar-refractivity contribution in [2.45, 2.75) is 4.90 Å². The predicted molar refractivity (Wildman–Crippen MR) is 192 cm³/mol. The van der Waals surface area contributed by atoms with Crippen molar-refractivity contribution in [2.75, 3.05) is 16.0 Å². The minimum Gasteiger partial charge on any atom is -0.457 e. The van der Waals surface area contributed by atoms with Gasteiger partial charge in [0.15, 0.2) is 0 Å². The van der Waals surface area contributed by atoms with E-state index >= 15 is 0 Å². The second-order valence-corrected chi connectivity index (χ2v) is 11.7. The van der Waals surface area contributed by atoms with Crippen LogP contribution in [0.15, 0.2) is 173 Å². The van der Waals surface area contributed by atoms with Crippen LogP contribution >= 0.6 is 11.8 Å². The van der Waals surface area contributed by atoms with E-state index in [2.05, 4.69) is 10.6 Å². The summed E-state index contributed by atoms with van der Waals surface area (Å²) in [7, 11) is 0. The summed E-state index contributed by atoms with van der Waals surface area (Å²) in [5, 5.41) is 5.60. The minimum absolute atomic E-state index is 0.0174. The molecule has 0 unspecified atom stereocenters. The number of hydrogen-bond acceptors (Lipinski definition) is 5. The SMILES string of the molecule is O=C(Nc1ccc(SCC(=O)N(c2ccccc2)c2ccccc2)cc1)/C(=C\c1ccc(-c2ccccc2)o1)NC(=O)c1ccccc1. The molecule has 0 aliphatic rings. The van der Waals surface area contributed by atoms with Crippen molar-refractivity contribution >= 4 is 52.6 Å². The number of rotatable bonds is 11. The lowest BCUT2D eigenvalue weighted by Crippen LogP contribution is -2.30. The maximum absolute atomic E-state index is 13.5. The van der Waals surface area contributed by atoms with E-state index in [1.165, 1.54) is 17.8 Å². The fourth-order valence-electron chi connectivity index (χ4n) is 4.91. The second-order valence-electron chi connectivity index (χ2n) is 10.6. The van der Waals surface area contributed by atoms with Crippen molar-refractivity contribution in [1.29, 1.82) is 0 Å². The molecule has 1 heterocycles. The number of carbonyl (C=O) groups is 3. The molecular weight excluding hydrogens is 619 g/mol. The number of amides is 3. The molecule has 0 radical (unpaired) electrons. The molecule has 0 bridgehead atoms. The Morgan fingerprint density at radius 1 is 0.646 bits per heavy atom. The van der Waals surface area contributed by atoms with Gasteiger partial charge in [0.25, 0.3) is 11.8 Å². The zero-order chi connectivity index (χ0) is 33.1. The molecule has 8 heteroatoms. The fourth-order valence-corrected chi connectivity index (χ4v) is 5.65. The van der Waals surface area contributed by atoms with Crippen LogP contribution in [0.3, 0.4) is 0 Å². The summed E-state index contributed by atoms with van der Waals surface area (Å²) >= 11 is 1.40. The molecule has 0 fully saturated rings. The molecule has 0 saturated heterocycles. The van der Waals surface area contributed by atoms with E-state index in [0.29, 0.717) is 22.8 Å². The molecule has 0 aliphatic carbocycles. The van der Waals surface area contributed by atoms with Crippen LogP contribution in [0.5, 0.6) is 0 Å². The summed E-state index contributed by atoms with van der Waals surface area (Å²) in [6.45, 7) is 0. The van der Waals surface area contributed by atoms with Crippen LogP contribution in [0.4, 0.5) is 17.1 Å². The van der Waals surface area contributed by atoms with Gasteiger partial charge in [-0.05, 0) is 72.8 Å². The first-order valence-electron chi connectivity index (χ1n) is 15.2. The van der Waals surface area contributed by atoms with Crippen LogP contribution in [0.2, 0.25) is 0 Å². The van der Waals surface area contributed by atoms with Crippen molar-refractivity contribution in [3.63, 3.8) is 0 Å².